The quantitative estimate of drug-likeness (QED) is 0.423. The zero-order valence-electron chi connectivity index (χ0n) is 14.9. The first-order valence-corrected chi connectivity index (χ1v) is 8.07. The molecule has 0 bridgehead atoms. The van der Waals surface area contributed by atoms with Crippen molar-refractivity contribution in [3.05, 3.63) is 54.3 Å². The van der Waals surface area contributed by atoms with Crippen LogP contribution >= 0.6 is 0 Å². The molecule has 1 atom stereocenters. The lowest BCUT2D eigenvalue weighted by molar-refractivity contribution is -0.130. The van der Waals surface area contributed by atoms with Crippen molar-refractivity contribution in [1.29, 1.82) is 0 Å². The third kappa shape index (κ3) is 4.05. The maximum absolute atomic E-state index is 12.6. The molecular formula is C19H21N3O4. The zero-order valence-corrected chi connectivity index (χ0v) is 14.9. The minimum absolute atomic E-state index is 0.134. The normalized spacial score (nSPS) is 18.7. The topological polar surface area (TPSA) is 104 Å². The van der Waals surface area contributed by atoms with E-state index < -0.39 is 29.1 Å². The minimum atomic E-state index is -0.817. The first-order valence-electron chi connectivity index (χ1n) is 8.07. The van der Waals surface area contributed by atoms with Crippen molar-refractivity contribution >= 4 is 29.2 Å². The summed E-state index contributed by atoms with van der Waals surface area (Å²) in [6.45, 7) is 8.57. The number of rotatable bonds is 5. The van der Waals surface area contributed by atoms with Crippen LogP contribution in [0.1, 0.15) is 31.1 Å². The average molecular weight is 355 g/mol. The van der Waals surface area contributed by atoms with Gasteiger partial charge in [-0.3, -0.25) is 19.2 Å². The van der Waals surface area contributed by atoms with E-state index in [1.54, 1.807) is 32.0 Å². The number of piperazine rings is 1. The molecule has 7 nitrogen and oxygen atoms in total. The zero-order chi connectivity index (χ0) is 19.5. The van der Waals surface area contributed by atoms with Gasteiger partial charge in [-0.2, -0.15) is 0 Å². The van der Waals surface area contributed by atoms with Crippen LogP contribution in [0.15, 0.2) is 48.7 Å². The summed E-state index contributed by atoms with van der Waals surface area (Å²) >= 11 is 0. The highest BCUT2D eigenvalue weighted by atomic mass is 16.2. The van der Waals surface area contributed by atoms with Crippen molar-refractivity contribution in [3.63, 3.8) is 0 Å². The van der Waals surface area contributed by atoms with Crippen LogP contribution in [0.2, 0.25) is 0 Å². The lowest BCUT2D eigenvalue weighted by atomic mass is 9.92. The van der Waals surface area contributed by atoms with E-state index in [1.807, 2.05) is 0 Å². The average Bonchev–Trinajstić information content (AvgIpc) is 2.60. The van der Waals surface area contributed by atoms with Gasteiger partial charge < -0.3 is 16.0 Å². The molecular weight excluding hydrogens is 334 g/mol. The summed E-state index contributed by atoms with van der Waals surface area (Å²) in [6, 6.07) is 5.77. The summed E-state index contributed by atoms with van der Waals surface area (Å²) in [5, 5.41) is 7.56. The molecule has 1 aromatic carbocycles. The van der Waals surface area contributed by atoms with E-state index in [-0.39, 0.29) is 17.2 Å². The monoisotopic (exact) mass is 355 g/mol. The third-order valence-electron chi connectivity index (χ3n) is 4.06. The number of anilines is 1. The van der Waals surface area contributed by atoms with Crippen molar-refractivity contribution in [2.75, 3.05) is 5.32 Å². The Morgan fingerprint density at radius 3 is 2.54 bits per heavy atom. The molecule has 0 aromatic heterocycles. The van der Waals surface area contributed by atoms with Gasteiger partial charge in [0.2, 0.25) is 11.8 Å². The molecule has 3 N–H and O–H groups in total. The SMILES string of the molecule is C=CC(C)(C)C(=O)Nc1ccccc1C(=O)C=C1NC(=O)C(C)NC1=O. The van der Waals surface area contributed by atoms with Gasteiger partial charge in [0.25, 0.3) is 5.91 Å². The first kappa shape index (κ1) is 19.1. The van der Waals surface area contributed by atoms with Gasteiger partial charge in [-0.1, -0.05) is 18.2 Å². The fraction of sp³-hybridized carbons (Fsp3) is 0.263. The Morgan fingerprint density at radius 2 is 1.88 bits per heavy atom. The van der Waals surface area contributed by atoms with Crippen LogP contribution in [0.5, 0.6) is 0 Å². The van der Waals surface area contributed by atoms with Gasteiger partial charge in [-0.15, -0.1) is 6.58 Å². The smallest absolute Gasteiger partial charge is 0.268 e. The van der Waals surface area contributed by atoms with Crippen molar-refractivity contribution in [2.45, 2.75) is 26.8 Å². The number of carbonyl (C=O) groups excluding carboxylic acids is 4. The maximum Gasteiger partial charge on any atom is 0.268 e. The van der Waals surface area contributed by atoms with Crippen LogP contribution in [0.3, 0.4) is 0 Å². The molecule has 0 spiro atoms. The molecule has 0 aliphatic carbocycles. The fourth-order valence-electron chi connectivity index (χ4n) is 2.13. The van der Waals surface area contributed by atoms with E-state index in [0.717, 1.165) is 6.08 Å². The molecule has 3 amide bonds. The largest absolute Gasteiger partial charge is 0.339 e. The van der Waals surface area contributed by atoms with Crippen LogP contribution < -0.4 is 16.0 Å². The molecule has 7 heteroatoms. The minimum Gasteiger partial charge on any atom is -0.339 e. The van der Waals surface area contributed by atoms with Crippen molar-refractivity contribution in [2.24, 2.45) is 5.41 Å². The van der Waals surface area contributed by atoms with Crippen molar-refractivity contribution < 1.29 is 19.2 Å². The second-order valence-electron chi connectivity index (χ2n) is 6.53. The summed E-state index contributed by atoms with van der Waals surface area (Å²) in [5.41, 5.74) is -0.438. The highest BCUT2D eigenvalue weighted by Crippen LogP contribution is 2.22. The number of carbonyl (C=O) groups is 4. The maximum atomic E-state index is 12.6. The molecule has 136 valence electrons. The first-order chi connectivity index (χ1) is 12.2. The molecule has 2 rings (SSSR count). The molecule has 26 heavy (non-hydrogen) atoms. The van der Waals surface area contributed by atoms with Gasteiger partial charge in [0, 0.05) is 11.6 Å². The standard InChI is InChI=1S/C19H21N3O4/c1-5-19(3,4)18(26)22-13-9-7-6-8-12(13)15(23)10-14-17(25)20-11(2)16(24)21-14/h5-11H,1H2,2-4H3,(H,20,25)(H,21,24)(H,22,26). The molecule has 1 fully saturated rings. The predicted octanol–water partition coefficient (Wildman–Crippen LogP) is 1.54. The Bertz CT molecular complexity index is 824. The number of hydrogen-bond acceptors (Lipinski definition) is 4. The van der Waals surface area contributed by atoms with E-state index in [0.29, 0.717) is 5.69 Å². The van der Waals surface area contributed by atoms with Crippen molar-refractivity contribution in [3.8, 4) is 0 Å². The number of hydrogen-bond donors (Lipinski definition) is 3. The molecule has 1 saturated heterocycles. The summed E-state index contributed by atoms with van der Waals surface area (Å²) in [5.74, 6) is -1.78. The van der Waals surface area contributed by atoms with Crippen LogP contribution in [0, 0.1) is 5.41 Å². The van der Waals surface area contributed by atoms with E-state index in [4.69, 9.17) is 0 Å². The lowest BCUT2D eigenvalue weighted by Crippen LogP contribution is -2.53. The van der Waals surface area contributed by atoms with Gasteiger partial charge in [0.05, 0.1) is 11.1 Å². The van der Waals surface area contributed by atoms with Gasteiger partial charge in [-0.05, 0) is 32.9 Å². The number of benzene rings is 1. The van der Waals surface area contributed by atoms with E-state index >= 15 is 0 Å². The Balaban J connectivity index is 2.29. The van der Waals surface area contributed by atoms with Gasteiger partial charge in [-0.25, -0.2) is 0 Å². The van der Waals surface area contributed by atoms with Gasteiger partial charge >= 0.3 is 0 Å². The summed E-state index contributed by atoms with van der Waals surface area (Å²) < 4.78 is 0. The molecule has 1 heterocycles. The number of para-hydroxylation sites is 1. The lowest BCUT2D eigenvalue weighted by Gasteiger charge is -2.22. The van der Waals surface area contributed by atoms with Crippen LogP contribution in [0.4, 0.5) is 5.69 Å². The highest BCUT2D eigenvalue weighted by molar-refractivity contribution is 6.15. The van der Waals surface area contributed by atoms with Gasteiger partial charge in [0.1, 0.15) is 11.7 Å². The molecule has 1 aliphatic heterocycles. The summed E-state index contributed by atoms with van der Waals surface area (Å²) in [6.07, 6.45) is 2.56. The van der Waals surface area contributed by atoms with E-state index in [1.165, 1.54) is 19.1 Å². The Kier molecular flexibility index (Phi) is 5.40. The molecule has 1 unspecified atom stereocenters. The van der Waals surface area contributed by atoms with Crippen molar-refractivity contribution in [1.82, 2.24) is 10.6 Å². The highest BCUT2D eigenvalue weighted by Gasteiger charge is 2.28. The van der Waals surface area contributed by atoms with Crippen LogP contribution in [0.25, 0.3) is 0 Å². The summed E-state index contributed by atoms with van der Waals surface area (Å²) in [4.78, 5) is 48.5. The molecule has 0 saturated carbocycles. The Hall–Kier alpha value is -3.22. The van der Waals surface area contributed by atoms with Crippen LogP contribution in [-0.4, -0.2) is 29.5 Å². The Labute approximate surface area is 151 Å². The van der Waals surface area contributed by atoms with Crippen LogP contribution in [-0.2, 0) is 14.4 Å². The fourth-order valence-corrected chi connectivity index (χ4v) is 2.13. The second kappa shape index (κ2) is 7.35. The second-order valence-corrected chi connectivity index (χ2v) is 6.53. The summed E-state index contributed by atoms with van der Waals surface area (Å²) in [7, 11) is 0. The van der Waals surface area contributed by atoms with Gasteiger partial charge in [0.15, 0.2) is 5.78 Å². The third-order valence-corrected chi connectivity index (χ3v) is 4.06. The Morgan fingerprint density at radius 1 is 1.23 bits per heavy atom. The number of ketones is 1. The number of nitrogens with one attached hydrogen (secondary N) is 3. The van der Waals surface area contributed by atoms with E-state index in [9.17, 15) is 19.2 Å². The molecule has 1 aliphatic rings. The van der Waals surface area contributed by atoms with E-state index in [2.05, 4.69) is 22.5 Å². The predicted molar refractivity (Wildman–Crippen MR) is 97.2 cm³/mol. The molecule has 1 aromatic rings. The molecule has 0 radical (unpaired) electrons. The number of amides is 3. The number of allylic oxidation sites excluding steroid dienone is 1.